The third-order valence-corrected chi connectivity index (χ3v) is 4.17. The van der Waals surface area contributed by atoms with Gasteiger partial charge in [-0.05, 0) is 43.4 Å². The van der Waals surface area contributed by atoms with Gasteiger partial charge in [0.05, 0.1) is 20.3 Å². The third-order valence-electron chi connectivity index (χ3n) is 4.17. The van der Waals surface area contributed by atoms with Gasteiger partial charge in [-0.1, -0.05) is 6.07 Å². The molecular formula is C19H32IN3O3. The minimum Gasteiger partial charge on any atom is -0.493 e. The van der Waals surface area contributed by atoms with E-state index in [1.807, 2.05) is 32.2 Å². The van der Waals surface area contributed by atoms with E-state index in [0.717, 1.165) is 48.7 Å². The van der Waals surface area contributed by atoms with E-state index in [0.29, 0.717) is 13.2 Å². The molecule has 0 saturated heterocycles. The summed E-state index contributed by atoms with van der Waals surface area (Å²) in [6, 6.07) is 5.97. The maximum Gasteiger partial charge on any atom is 0.193 e. The van der Waals surface area contributed by atoms with Crippen LogP contribution in [0.1, 0.15) is 25.3 Å². The average molecular weight is 477 g/mol. The number of nitrogens with one attached hydrogen (secondary N) is 1. The van der Waals surface area contributed by atoms with Crippen molar-refractivity contribution in [1.82, 2.24) is 10.2 Å². The highest BCUT2D eigenvalue weighted by Gasteiger charge is 2.21. The second-order valence-electron chi connectivity index (χ2n) is 6.26. The molecule has 148 valence electrons. The van der Waals surface area contributed by atoms with Gasteiger partial charge in [0.15, 0.2) is 17.5 Å². The van der Waals surface area contributed by atoms with Crippen molar-refractivity contribution in [2.75, 3.05) is 47.6 Å². The molecule has 1 aromatic carbocycles. The number of benzene rings is 1. The lowest BCUT2D eigenvalue weighted by atomic mass is 10.2. The number of aliphatic imine (C=N–C) groups is 1. The van der Waals surface area contributed by atoms with Crippen LogP contribution in [0.25, 0.3) is 0 Å². The molecule has 0 aromatic heterocycles. The van der Waals surface area contributed by atoms with E-state index in [-0.39, 0.29) is 24.0 Å². The van der Waals surface area contributed by atoms with Crippen molar-refractivity contribution < 1.29 is 14.2 Å². The number of methoxy groups -OCH3 is 1. The standard InChI is InChI=1S/C19H31N3O3.HI/c1-5-25-17-9-8-16(12-18(17)23-4)13-21-19(20-2)22(3)10-11-24-14-15-6-7-15;/h8-9,12,15H,5-7,10-11,13-14H2,1-4H3,(H,20,21);1H. The molecule has 0 aliphatic heterocycles. The lowest BCUT2D eigenvalue weighted by molar-refractivity contribution is 0.115. The van der Waals surface area contributed by atoms with E-state index >= 15 is 0 Å². The SMILES string of the molecule is CCOc1ccc(CNC(=NC)N(C)CCOCC2CC2)cc1OC.I. The molecular weight excluding hydrogens is 445 g/mol. The van der Waals surface area contributed by atoms with Crippen LogP contribution < -0.4 is 14.8 Å². The van der Waals surface area contributed by atoms with Gasteiger partial charge in [-0.15, -0.1) is 24.0 Å². The van der Waals surface area contributed by atoms with Gasteiger partial charge >= 0.3 is 0 Å². The van der Waals surface area contributed by atoms with E-state index in [4.69, 9.17) is 14.2 Å². The number of hydrogen-bond donors (Lipinski definition) is 1. The molecule has 0 heterocycles. The Morgan fingerprint density at radius 3 is 2.69 bits per heavy atom. The molecule has 0 spiro atoms. The predicted octanol–water partition coefficient (Wildman–Crippen LogP) is 3.15. The zero-order valence-electron chi connectivity index (χ0n) is 16.3. The normalized spacial score (nSPS) is 13.8. The molecule has 1 aliphatic rings. The molecule has 2 rings (SSSR count). The zero-order valence-corrected chi connectivity index (χ0v) is 18.6. The Morgan fingerprint density at radius 2 is 2.08 bits per heavy atom. The molecule has 1 aliphatic carbocycles. The van der Waals surface area contributed by atoms with Gasteiger partial charge < -0.3 is 24.4 Å². The first-order chi connectivity index (χ1) is 12.2. The summed E-state index contributed by atoms with van der Waals surface area (Å²) in [6.45, 7) is 5.69. The van der Waals surface area contributed by atoms with Crippen molar-refractivity contribution in [3.8, 4) is 11.5 Å². The lowest BCUT2D eigenvalue weighted by Gasteiger charge is -2.22. The first-order valence-electron chi connectivity index (χ1n) is 8.97. The second-order valence-corrected chi connectivity index (χ2v) is 6.26. The number of nitrogens with zero attached hydrogens (tertiary/aromatic N) is 2. The van der Waals surface area contributed by atoms with E-state index in [2.05, 4.69) is 15.2 Å². The fourth-order valence-electron chi connectivity index (χ4n) is 2.50. The highest BCUT2D eigenvalue weighted by atomic mass is 127. The zero-order chi connectivity index (χ0) is 18.1. The number of guanidine groups is 1. The van der Waals surface area contributed by atoms with Gasteiger partial charge in [-0.2, -0.15) is 0 Å². The van der Waals surface area contributed by atoms with Crippen molar-refractivity contribution in [1.29, 1.82) is 0 Å². The fourth-order valence-corrected chi connectivity index (χ4v) is 2.50. The monoisotopic (exact) mass is 477 g/mol. The van der Waals surface area contributed by atoms with E-state index in [1.165, 1.54) is 12.8 Å². The van der Waals surface area contributed by atoms with E-state index in [1.54, 1.807) is 14.2 Å². The third kappa shape index (κ3) is 7.57. The first kappa shape index (κ1) is 22.8. The average Bonchev–Trinajstić information content (AvgIpc) is 3.45. The minimum atomic E-state index is 0. The van der Waals surface area contributed by atoms with Crippen molar-refractivity contribution in [3.05, 3.63) is 23.8 Å². The predicted molar refractivity (Wildman–Crippen MR) is 116 cm³/mol. The Labute approximate surface area is 174 Å². The summed E-state index contributed by atoms with van der Waals surface area (Å²) in [5, 5.41) is 3.37. The summed E-state index contributed by atoms with van der Waals surface area (Å²) in [5.41, 5.74) is 1.11. The summed E-state index contributed by atoms with van der Waals surface area (Å²) in [7, 11) is 5.47. The summed E-state index contributed by atoms with van der Waals surface area (Å²) in [5.74, 6) is 3.17. The molecule has 7 heteroatoms. The van der Waals surface area contributed by atoms with Crippen LogP contribution in [0.3, 0.4) is 0 Å². The number of rotatable bonds is 10. The van der Waals surface area contributed by atoms with Crippen LogP contribution in [0.15, 0.2) is 23.2 Å². The molecule has 0 amide bonds. The second kappa shape index (κ2) is 12.2. The number of halogens is 1. The maximum absolute atomic E-state index is 5.70. The van der Waals surface area contributed by atoms with Gasteiger partial charge in [-0.3, -0.25) is 4.99 Å². The van der Waals surface area contributed by atoms with Crippen LogP contribution in [0, 0.1) is 5.92 Å². The largest absolute Gasteiger partial charge is 0.493 e. The Morgan fingerprint density at radius 1 is 1.31 bits per heavy atom. The summed E-state index contributed by atoms with van der Waals surface area (Å²) in [4.78, 5) is 6.42. The quantitative estimate of drug-likeness (QED) is 0.243. The number of hydrogen-bond acceptors (Lipinski definition) is 4. The molecule has 0 radical (unpaired) electrons. The Hall–Kier alpha value is -1.22. The number of ether oxygens (including phenoxy) is 3. The highest BCUT2D eigenvalue weighted by Crippen LogP contribution is 2.29. The van der Waals surface area contributed by atoms with Gasteiger partial charge in [-0.25, -0.2) is 0 Å². The van der Waals surface area contributed by atoms with Crippen molar-refractivity contribution in [2.45, 2.75) is 26.3 Å². The molecule has 0 atom stereocenters. The molecule has 0 bridgehead atoms. The molecule has 1 aromatic rings. The molecule has 1 fully saturated rings. The molecule has 0 unspecified atom stereocenters. The van der Waals surface area contributed by atoms with Crippen molar-refractivity contribution >= 4 is 29.9 Å². The van der Waals surface area contributed by atoms with Crippen LogP contribution in [0.4, 0.5) is 0 Å². The van der Waals surface area contributed by atoms with E-state index in [9.17, 15) is 0 Å². The van der Waals surface area contributed by atoms with Crippen molar-refractivity contribution in [2.24, 2.45) is 10.9 Å². The Bertz CT molecular complexity index is 565. The van der Waals surface area contributed by atoms with E-state index < -0.39 is 0 Å². The summed E-state index contributed by atoms with van der Waals surface area (Å²) in [6.07, 6.45) is 2.65. The van der Waals surface area contributed by atoms with Crippen LogP contribution >= 0.6 is 24.0 Å². The van der Waals surface area contributed by atoms with Gasteiger partial charge in [0.2, 0.25) is 0 Å². The van der Waals surface area contributed by atoms with Crippen LogP contribution in [0.2, 0.25) is 0 Å². The fraction of sp³-hybridized carbons (Fsp3) is 0.632. The molecule has 26 heavy (non-hydrogen) atoms. The first-order valence-corrected chi connectivity index (χ1v) is 8.97. The van der Waals surface area contributed by atoms with Gasteiger partial charge in [0.1, 0.15) is 0 Å². The lowest BCUT2D eigenvalue weighted by Crippen LogP contribution is -2.40. The maximum atomic E-state index is 5.70. The summed E-state index contributed by atoms with van der Waals surface area (Å²) < 4.78 is 16.6. The minimum absolute atomic E-state index is 0. The highest BCUT2D eigenvalue weighted by molar-refractivity contribution is 14.0. The van der Waals surface area contributed by atoms with Gasteiger partial charge in [0, 0.05) is 33.8 Å². The smallest absolute Gasteiger partial charge is 0.193 e. The van der Waals surface area contributed by atoms with Gasteiger partial charge in [0.25, 0.3) is 0 Å². The number of likely N-dealkylation sites (N-methyl/N-ethyl adjacent to an activating group) is 1. The summed E-state index contributed by atoms with van der Waals surface area (Å²) >= 11 is 0. The molecule has 1 saturated carbocycles. The van der Waals surface area contributed by atoms with Crippen LogP contribution in [0.5, 0.6) is 11.5 Å². The Kier molecular flexibility index (Phi) is 10.7. The molecule has 1 N–H and O–H groups in total. The van der Waals surface area contributed by atoms with Crippen LogP contribution in [-0.4, -0.2) is 58.4 Å². The Balaban J connectivity index is 0.00000338. The van der Waals surface area contributed by atoms with Crippen molar-refractivity contribution in [3.63, 3.8) is 0 Å². The topological polar surface area (TPSA) is 55.3 Å². The molecule has 6 nitrogen and oxygen atoms in total. The van der Waals surface area contributed by atoms with Crippen LogP contribution in [-0.2, 0) is 11.3 Å².